The number of rotatable bonds is 4. The molecule has 0 aliphatic rings. The highest BCUT2D eigenvalue weighted by atomic mass is 35.5. The Balaban J connectivity index is 2.57. The van der Waals surface area contributed by atoms with Crippen molar-refractivity contribution in [2.45, 2.75) is 26.4 Å². The van der Waals surface area contributed by atoms with Gasteiger partial charge in [0.25, 0.3) is 5.24 Å². The molecular weight excluding hydrogens is 308 g/mol. The molecule has 1 heterocycles. The van der Waals surface area contributed by atoms with Crippen LogP contribution in [0.3, 0.4) is 0 Å². The SMILES string of the molecule is CC(C)(C)Oc1c(C(=O)Cl)cccc1C(=O)c1cccs1. The fourth-order valence-electron chi connectivity index (χ4n) is 1.83. The van der Waals surface area contributed by atoms with Crippen LogP contribution in [0.1, 0.15) is 46.4 Å². The van der Waals surface area contributed by atoms with Crippen LogP contribution in [0.5, 0.6) is 5.75 Å². The third-order valence-electron chi connectivity index (χ3n) is 2.62. The Hall–Kier alpha value is -1.65. The highest BCUT2D eigenvalue weighted by molar-refractivity contribution is 7.12. The molecule has 0 saturated carbocycles. The molecule has 0 amide bonds. The summed E-state index contributed by atoms with van der Waals surface area (Å²) < 4.78 is 5.82. The molecular formula is C16H15ClO3S. The summed E-state index contributed by atoms with van der Waals surface area (Å²) in [5.41, 5.74) is 0.000268. The standard InChI is InChI=1S/C16H15ClO3S/c1-16(2,3)20-14-10(6-4-7-11(14)15(17)19)13(18)12-8-5-9-21-12/h4-9H,1-3H3. The number of para-hydroxylation sites is 1. The van der Waals surface area contributed by atoms with Crippen LogP contribution in [0.25, 0.3) is 0 Å². The topological polar surface area (TPSA) is 43.4 Å². The average Bonchev–Trinajstić information content (AvgIpc) is 2.89. The Labute approximate surface area is 132 Å². The van der Waals surface area contributed by atoms with Gasteiger partial charge >= 0.3 is 0 Å². The van der Waals surface area contributed by atoms with E-state index in [1.54, 1.807) is 30.3 Å². The van der Waals surface area contributed by atoms with Gasteiger partial charge in [-0.1, -0.05) is 12.1 Å². The van der Waals surface area contributed by atoms with Crippen molar-refractivity contribution in [2.75, 3.05) is 0 Å². The van der Waals surface area contributed by atoms with Crippen molar-refractivity contribution in [1.82, 2.24) is 0 Å². The minimum absolute atomic E-state index is 0.177. The maximum absolute atomic E-state index is 12.6. The van der Waals surface area contributed by atoms with E-state index in [1.807, 2.05) is 26.2 Å². The summed E-state index contributed by atoms with van der Waals surface area (Å²) in [6.45, 7) is 5.55. The summed E-state index contributed by atoms with van der Waals surface area (Å²) >= 11 is 6.95. The number of carbonyl (C=O) groups excluding carboxylic acids is 2. The van der Waals surface area contributed by atoms with Crippen LogP contribution in [-0.2, 0) is 0 Å². The minimum Gasteiger partial charge on any atom is -0.487 e. The van der Waals surface area contributed by atoms with Crippen LogP contribution in [0.4, 0.5) is 0 Å². The Bertz CT molecular complexity index is 669. The number of thiophene rings is 1. The number of hydrogen-bond donors (Lipinski definition) is 0. The first-order valence-corrected chi connectivity index (χ1v) is 7.65. The van der Waals surface area contributed by atoms with Gasteiger partial charge in [0.1, 0.15) is 11.4 Å². The van der Waals surface area contributed by atoms with E-state index in [4.69, 9.17) is 16.3 Å². The number of halogens is 1. The first kappa shape index (κ1) is 15.7. The van der Waals surface area contributed by atoms with E-state index >= 15 is 0 Å². The van der Waals surface area contributed by atoms with Crippen molar-refractivity contribution >= 4 is 34.0 Å². The van der Waals surface area contributed by atoms with Gasteiger partial charge in [0.2, 0.25) is 5.78 Å². The van der Waals surface area contributed by atoms with E-state index in [1.165, 1.54) is 11.3 Å². The molecule has 2 rings (SSSR count). The van der Waals surface area contributed by atoms with Crippen LogP contribution in [-0.4, -0.2) is 16.6 Å². The molecule has 21 heavy (non-hydrogen) atoms. The van der Waals surface area contributed by atoms with E-state index in [2.05, 4.69) is 0 Å². The largest absolute Gasteiger partial charge is 0.487 e. The predicted octanol–water partition coefficient (Wildman–Crippen LogP) is 4.54. The Morgan fingerprint density at radius 2 is 1.76 bits per heavy atom. The van der Waals surface area contributed by atoms with Crippen molar-refractivity contribution in [3.8, 4) is 5.75 Å². The molecule has 0 aliphatic carbocycles. The van der Waals surface area contributed by atoms with Crippen LogP contribution in [0.15, 0.2) is 35.7 Å². The number of ether oxygens (including phenoxy) is 1. The summed E-state index contributed by atoms with van der Waals surface area (Å²) in [5.74, 6) is 0.0624. The van der Waals surface area contributed by atoms with Crippen LogP contribution in [0, 0.1) is 0 Å². The monoisotopic (exact) mass is 322 g/mol. The zero-order valence-electron chi connectivity index (χ0n) is 12.0. The molecule has 0 radical (unpaired) electrons. The molecule has 0 unspecified atom stereocenters. The first-order chi connectivity index (χ1) is 9.79. The Morgan fingerprint density at radius 1 is 1.10 bits per heavy atom. The highest BCUT2D eigenvalue weighted by Crippen LogP contribution is 2.31. The number of carbonyl (C=O) groups is 2. The van der Waals surface area contributed by atoms with E-state index in [-0.39, 0.29) is 17.1 Å². The fourth-order valence-corrected chi connectivity index (χ4v) is 2.65. The van der Waals surface area contributed by atoms with Crippen molar-refractivity contribution in [3.05, 3.63) is 51.7 Å². The van der Waals surface area contributed by atoms with Crippen molar-refractivity contribution in [2.24, 2.45) is 0 Å². The molecule has 0 fully saturated rings. The lowest BCUT2D eigenvalue weighted by Crippen LogP contribution is -2.25. The molecule has 0 atom stereocenters. The van der Waals surface area contributed by atoms with Crippen molar-refractivity contribution < 1.29 is 14.3 Å². The van der Waals surface area contributed by atoms with E-state index in [0.717, 1.165) is 0 Å². The van der Waals surface area contributed by atoms with Gasteiger partial charge in [-0.25, -0.2) is 0 Å². The van der Waals surface area contributed by atoms with Crippen molar-refractivity contribution in [3.63, 3.8) is 0 Å². The summed E-state index contributed by atoms with van der Waals surface area (Å²) in [4.78, 5) is 24.7. The lowest BCUT2D eigenvalue weighted by Gasteiger charge is -2.24. The van der Waals surface area contributed by atoms with E-state index < -0.39 is 10.8 Å². The second-order valence-electron chi connectivity index (χ2n) is 5.48. The average molecular weight is 323 g/mol. The smallest absolute Gasteiger partial charge is 0.256 e. The zero-order chi connectivity index (χ0) is 15.6. The fraction of sp³-hybridized carbons (Fsp3) is 0.250. The number of benzene rings is 1. The molecule has 0 bridgehead atoms. The third kappa shape index (κ3) is 3.71. The molecule has 2 aromatic rings. The van der Waals surface area contributed by atoms with Gasteiger partial charge in [0.15, 0.2) is 0 Å². The van der Waals surface area contributed by atoms with Crippen LogP contribution < -0.4 is 4.74 Å². The minimum atomic E-state index is -0.643. The van der Waals surface area contributed by atoms with E-state index in [0.29, 0.717) is 10.4 Å². The number of ketones is 1. The molecule has 5 heteroatoms. The first-order valence-electron chi connectivity index (χ1n) is 6.39. The van der Waals surface area contributed by atoms with Gasteiger partial charge < -0.3 is 4.74 Å². The summed E-state index contributed by atoms with van der Waals surface area (Å²) in [6, 6.07) is 8.38. The lowest BCUT2D eigenvalue weighted by atomic mass is 10.0. The Kier molecular flexibility index (Phi) is 4.49. The second-order valence-corrected chi connectivity index (χ2v) is 6.77. The molecule has 1 aromatic carbocycles. The predicted molar refractivity (Wildman–Crippen MR) is 84.8 cm³/mol. The van der Waals surface area contributed by atoms with E-state index in [9.17, 15) is 9.59 Å². The quantitative estimate of drug-likeness (QED) is 0.613. The van der Waals surface area contributed by atoms with Gasteiger partial charge in [-0.15, -0.1) is 11.3 Å². The van der Waals surface area contributed by atoms with Crippen LogP contribution >= 0.6 is 22.9 Å². The number of hydrogen-bond acceptors (Lipinski definition) is 4. The molecule has 0 N–H and O–H groups in total. The normalized spacial score (nSPS) is 11.2. The van der Waals surface area contributed by atoms with Gasteiger partial charge in [0, 0.05) is 0 Å². The van der Waals surface area contributed by atoms with Crippen LogP contribution in [0.2, 0.25) is 0 Å². The van der Waals surface area contributed by atoms with Gasteiger partial charge in [0.05, 0.1) is 16.0 Å². The molecule has 110 valence electrons. The van der Waals surface area contributed by atoms with Gasteiger partial charge in [-0.3, -0.25) is 9.59 Å². The van der Waals surface area contributed by atoms with Crippen molar-refractivity contribution in [1.29, 1.82) is 0 Å². The molecule has 0 saturated heterocycles. The lowest BCUT2D eigenvalue weighted by molar-refractivity contribution is 0.101. The van der Waals surface area contributed by atoms with Gasteiger partial charge in [-0.2, -0.15) is 0 Å². The highest BCUT2D eigenvalue weighted by Gasteiger charge is 2.24. The zero-order valence-corrected chi connectivity index (χ0v) is 13.5. The Morgan fingerprint density at radius 3 is 2.29 bits per heavy atom. The maximum Gasteiger partial charge on any atom is 0.256 e. The van der Waals surface area contributed by atoms with Gasteiger partial charge in [-0.05, 0) is 56.0 Å². The molecule has 0 aliphatic heterocycles. The second kappa shape index (κ2) is 6.00. The molecule has 3 nitrogen and oxygen atoms in total. The molecule has 1 aromatic heterocycles. The third-order valence-corrected chi connectivity index (χ3v) is 3.70. The summed E-state index contributed by atoms with van der Waals surface area (Å²) in [6.07, 6.45) is 0. The maximum atomic E-state index is 12.6. The summed E-state index contributed by atoms with van der Waals surface area (Å²) in [5, 5.41) is 1.18. The summed E-state index contributed by atoms with van der Waals surface area (Å²) in [7, 11) is 0. The molecule has 0 spiro atoms.